The Morgan fingerprint density at radius 1 is 0.614 bits per heavy atom. The minimum absolute atomic E-state index is 0.0369. The third kappa shape index (κ3) is 6.58. The molecule has 2 fully saturated rings. The second kappa shape index (κ2) is 16.0. The SMILES string of the molecule is Nc1nccc(Sc2ccc3nc(N4CCC5(CC4)Cc4ccccc4N5NC4CN(c5nc6ccc(Sc7ccnc(N)c7Cl)c7ncc5n67)CCC45Cc4cc(Cl)cnc4C5)c4cnc2n34)c1Cl. The van der Waals surface area contributed by atoms with E-state index in [0.717, 1.165) is 135 Å². The average Bonchev–Trinajstić information content (AvgIpc) is 4.23. The van der Waals surface area contributed by atoms with E-state index in [4.69, 9.17) is 71.2 Å². The molecule has 1 aromatic carbocycles. The van der Waals surface area contributed by atoms with Crippen LogP contribution in [-0.4, -0.2) is 81.4 Å². The van der Waals surface area contributed by atoms with Gasteiger partial charge in [-0.25, -0.2) is 35.3 Å². The van der Waals surface area contributed by atoms with E-state index >= 15 is 0 Å². The summed E-state index contributed by atoms with van der Waals surface area (Å²) >= 11 is 22.8. The number of nitrogens with zero attached hydrogens (tertiary/aromatic N) is 12. The predicted octanol–water partition coefficient (Wildman–Crippen LogP) is 9.54. The lowest BCUT2D eigenvalue weighted by Crippen LogP contribution is -2.67. The largest absolute Gasteiger partial charge is 0.382 e. The summed E-state index contributed by atoms with van der Waals surface area (Å²) in [4.78, 5) is 42.1. The monoisotopic (exact) mass is 1020 g/mol. The van der Waals surface area contributed by atoms with Crippen molar-refractivity contribution in [3.8, 4) is 0 Å². The van der Waals surface area contributed by atoms with Gasteiger partial charge in [0.25, 0.3) is 0 Å². The number of nitrogens with two attached hydrogens (primary N) is 2. The van der Waals surface area contributed by atoms with Crippen LogP contribution in [0.2, 0.25) is 15.1 Å². The van der Waals surface area contributed by atoms with Gasteiger partial charge in [-0.2, -0.15) is 0 Å². The van der Waals surface area contributed by atoms with Gasteiger partial charge in [-0.3, -0.25) is 13.8 Å². The molecule has 2 atom stereocenters. The molecule has 0 amide bonds. The molecule has 20 heteroatoms. The quantitative estimate of drug-likeness (QED) is 0.131. The van der Waals surface area contributed by atoms with Crippen molar-refractivity contribution in [1.29, 1.82) is 0 Å². The topological polar surface area (TPSA) is 173 Å². The first-order valence-electron chi connectivity index (χ1n) is 23.2. The summed E-state index contributed by atoms with van der Waals surface area (Å²) in [5.74, 6) is 2.51. The van der Waals surface area contributed by atoms with Crippen molar-refractivity contribution in [2.75, 3.05) is 52.5 Å². The van der Waals surface area contributed by atoms with E-state index < -0.39 is 0 Å². The van der Waals surface area contributed by atoms with Crippen molar-refractivity contribution < 1.29 is 0 Å². The zero-order valence-electron chi connectivity index (χ0n) is 37.4. The van der Waals surface area contributed by atoms with Crippen LogP contribution in [0.3, 0.4) is 0 Å². The van der Waals surface area contributed by atoms with E-state index in [2.05, 4.69) is 93.6 Å². The number of hydrogen-bond acceptors (Lipinski definition) is 15. The Kier molecular flexibility index (Phi) is 9.76. The van der Waals surface area contributed by atoms with Crippen molar-refractivity contribution in [1.82, 2.24) is 49.1 Å². The molecular formula is C50H42Cl3N15S2. The third-order valence-corrected chi connectivity index (χ3v) is 18.6. The first-order chi connectivity index (χ1) is 34.1. The van der Waals surface area contributed by atoms with Crippen LogP contribution in [0.4, 0.5) is 29.0 Å². The molecule has 15 nitrogen and oxygen atoms in total. The lowest BCUT2D eigenvalue weighted by atomic mass is 9.72. The Morgan fingerprint density at radius 2 is 1.23 bits per heavy atom. The first-order valence-corrected chi connectivity index (χ1v) is 26.0. The maximum atomic E-state index is 6.61. The Balaban J connectivity index is 0.778. The molecule has 3 aliphatic heterocycles. The van der Waals surface area contributed by atoms with Crippen LogP contribution in [-0.2, 0) is 19.3 Å². The van der Waals surface area contributed by atoms with Crippen LogP contribution in [0.25, 0.3) is 33.6 Å². The van der Waals surface area contributed by atoms with E-state index in [9.17, 15) is 0 Å². The maximum Gasteiger partial charge on any atom is 0.157 e. The van der Waals surface area contributed by atoms with Gasteiger partial charge in [0.2, 0.25) is 0 Å². The summed E-state index contributed by atoms with van der Waals surface area (Å²) in [7, 11) is 0. The van der Waals surface area contributed by atoms with Gasteiger partial charge >= 0.3 is 0 Å². The number of aromatic nitrogens is 9. The summed E-state index contributed by atoms with van der Waals surface area (Å²) in [6, 6.07) is 23.1. The number of halogens is 3. The molecule has 2 spiro atoms. The van der Waals surface area contributed by atoms with E-state index in [1.54, 1.807) is 18.6 Å². The van der Waals surface area contributed by atoms with Crippen molar-refractivity contribution in [2.45, 2.75) is 69.7 Å². The number of piperidine rings is 2. The minimum Gasteiger partial charge on any atom is -0.382 e. The zero-order chi connectivity index (χ0) is 47.0. The number of hydrogen-bond donors (Lipinski definition) is 3. The molecule has 2 unspecified atom stereocenters. The molecule has 70 heavy (non-hydrogen) atoms. The molecule has 0 saturated carbocycles. The maximum absolute atomic E-state index is 6.61. The molecule has 2 saturated heterocycles. The molecule has 350 valence electrons. The van der Waals surface area contributed by atoms with Crippen LogP contribution in [0, 0.1) is 5.41 Å². The molecule has 1 aliphatic carbocycles. The Bertz CT molecular complexity index is 3710. The number of hydrazine groups is 1. The Morgan fingerprint density at radius 3 is 1.89 bits per heavy atom. The van der Waals surface area contributed by atoms with E-state index in [1.165, 1.54) is 40.3 Å². The van der Waals surface area contributed by atoms with Crippen LogP contribution in [0.1, 0.15) is 36.1 Å². The summed E-state index contributed by atoms with van der Waals surface area (Å²) in [6.45, 7) is 3.25. The standard InChI is InChI=1S/C50H42Cl3N15S2/c51-29-19-28-20-49(22-30(28)58-23-29)11-16-65(46-33-25-60-48-37(6-8-40(62-46)67(33)48)70-35-10-15-57-44(55)42(35)53)26-38(49)63-68-31-4-2-1-3-27(31)21-50(68)12-17-64(18-13-50)45-32-24-59-47-36(5-7-39(61-45)66(32)47)69-34-9-14-56-43(54)41(34)52/h1-10,14-15,19,23-25,38,63H,11-13,16-18,20-22,26H2,(H2,54,56)(H2,55,57). The number of nitrogen functional groups attached to an aromatic ring is 2. The fourth-order valence-corrected chi connectivity index (χ4v) is 14.2. The van der Waals surface area contributed by atoms with Gasteiger partial charge in [0.05, 0.1) is 54.5 Å². The summed E-state index contributed by atoms with van der Waals surface area (Å²) < 4.78 is 4.32. The highest BCUT2D eigenvalue weighted by molar-refractivity contribution is 8.00. The molecule has 0 bridgehead atoms. The van der Waals surface area contributed by atoms with Crippen molar-refractivity contribution in [3.63, 3.8) is 0 Å². The number of benzene rings is 1. The molecule has 10 aromatic rings. The van der Waals surface area contributed by atoms with Crippen LogP contribution in [0.15, 0.2) is 117 Å². The van der Waals surface area contributed by atoms with Gasteiger partial charge in [-0.15, -0.1) is 0 Å². The summed E-state index contributed by atoms with van der Waals surface area (Å²) in [5, 5.41) is 4.13. The lowest BCUT2D eigenvalue weighted by molar-refractivity contribution is 0.143. The van der Waals surface area contributed by atoms with Gasteiger partial charge in [0.1, 0.15) is 34.0 Å². The summed E-state index contributed by atoms with van der Waals surface area (Å²) in [5.41, 5.74) is 26.5. The number of pyridine rings is 5. The van der Waals surface area contributed by atoms with Gasteiger partial charge in [0.15, 0.2) is 22.9 Å². The molecule has 0 radical (unpaired) electrons. The highest BCUT2D eigenvalue weighted by atomic mass is 35.5. The molecule has 14 rings (SSSR count). The second-order valence-electron chi connectivity index (χ2n) is 19.0. The fraction of sp³-hybridized carbons (Fsp3) is 0.260. The van der Waals surface area contributed by atoms with Crippen molar-refractivity contribution in [2.24, 2.45) is 5.41 Å². The highest BCUT2D eigenvalue weighted by Gasteiger charge is 2.53. The fourth-order valence-electron chi connectivity index (χ4n) is 11.7. The van der Waals surface area contributed by atoms with E-state index in [1.807, 2.05) is 24.5 Å². The van der Waals surface area contributed by atoms with Crippen LogP contribution in [0.5, 0.6) is 0 Å². The van der Waals surface area contributed by atoms with Gasteiger partial charge in [-0.05, 0) is 98.2 Å². The van der Waals surface area contributed by atoms with Gasteiger partial charge < -0.3 is 26.3 Å². The number of para-hydroxylation sites is 1. The molecule has 9 aromatic heterocycles. The van der Waals surface area contributed by atoms with Crippen molar-refractivity contribution >= 4 is 121 Å². The molecule has 4 aliphatic rings. The Hall–Kier alpha value is -6.08. The van der Waals surface area contributed by atoms with E-state index in [0.29, 0.717) is 26.7 Å². The zero-order valence-corrected chi connectivity index (χ0v) is 41.3. The number of rotatable bonds is 8. The van der Waals surface area contributed by atoms with Gasteiger partial charge in [-0.1, -0.05) is 76.5 Å². The molecular weight excluding hydrogens is 981 g/mol. The highest BCUT2D eigenvalue weighted by Crippen LogP contribution is 2.50. The third-order valence-electron chi connectivity index (χ3n) is 15.2. The van der Waals surface area contributed by atoms with Crippen molar-refractivity contribution in [3.05, 3.63) is 130 Å². The first kappa shape index (κ1) is 42.8. The predicted molar refractivity (Wildman–Crippen MR) is 279 cm³/mol. The smallest absolute Gasteiger partial charge is 0.157 e. The van der Waals surface area contributed by atoms with Gasteiger partial charge in [0, 0.05) is 65.7 Å². The minimum atomic E-state index is -0.167. The molecule has 12 heterocycles. The number of nitrogens with one attached hydrogen (secondary N) is 1. The van der Waals surface area contributed by atoms with Crippen LogP contribution < -0.4 is 31.7 Å². The molecule has 5 N–H and O–H groups in total. The number of imidazole rings is 4. The van der Waals surface area contributed by atoms with E-state index in [-0.39, 0.29) is 17.0 Å². The number of anilines is 5. The second-order valence-corrected chi connectivity index (χ2v) is 22.4. The van der Waals surface area contributed by atoms with Crippen LogP contribution >= 0.6 is 58.3 Å². The average molecular weight is 1020 g/mol. The normalized spacial score (nSPS) is 19.9. The Labute approximate surface area is 424 Å². The summed E-state index contributed by atoms with van der Waals surface area (Å²) in [6.07, 6.45) is 14.6. The number of fused-ring (bicyclic) bond motifs is 2. The lowest BCUT2D eigenvalue weighted by Gasteiger charge is -2.52.